The maximum Gasteiger partial charge on any atom is 0.254 e. The molecule has 3 rings (SSSR count). The Balaban J connectivity index is 1.88. The van der Waals surface area contributed by atoms with E-state index in [9.17, 15) is 4.79 Å². The van der Waals surface area contributed by atoms with E-state index >= 15 is 0 Å². The van der Waals surface area contributed by atoms with E-state index in [0.29, 0.717) is 5.15 Å². The van der Waals surface area contributed by atoms with Gasteiger partial charge in [0.2, 0.25) is 0 Å². The van der Waals surface area contributed by atoms with E-state index < -0.39 is 0 Å². The number of benzene rings is 1. The van der Waals surface area contributed by atoms with E-state index in [2.05, 4.69) is 4.98 Å². The quantitative estimate of drug-likeness (QED) is 0.785. The second-order valence-electron chi connectivity index (χ2n) is 5.40. The summed E-state index contributed by atoms with van der Waals surface area (Å²) in [5.74, 6) is 0.0886. The van der Waals surface area contributed by atoms with Crippen LogP contribution in [0.5, 0.6) is 0 Å². The number of likely N-dealkylation sites (tertiary alicyclic amines) is 1. The van der Waals surface area contributed by atoms with Crippen LogP contribution in [0.1, 0.15) is 40.4 Å². The summed E-state index contributed by atoms with van der Waals surface area (Å²) in [5, 5.41) is 0.526. The monoisotopic (exact) mass is 300 g/mol. The Labute approximate surface area is 129 Å². The van der Waals surface area contributed by atoms with E-state index in [1.165, 1.54) is 0 Å². The number of rotatable bonds is 2. The van der Waals surface area contributed by atoms with Gasteiger partial charge in [0.25, 0.3) is 5.91 Å². The highest BCUT2D eigenvalue weighted by atomic mass is 35.5. The van der Waals surface area contributed by atoms with Gasteiger partial charge >= 0.3 is 0 Å². The maximum atomic E-state index is 12.7. The fourth-order valence-electron chi connectivity index (χ4n) is 2.86. The van der Waals surface area contributed by atoms with Crippen molar-refractivity contribution < 1.29 is 4.79 Å². The largest absolute Gasteiger partial charge is 0.332 e. The predicted molar refractivity (Wildman–Crippen MR) is 83.4 cm³/mol. The van der Waals surface area contributed by atoms with Crippen LogP contribution in [0.3, 0.4) is 0 Å². The van der Waals surface area contributed by atoms with Crippen LogP contribution in [0.4, 0.5) is 0 Å². The smallest absolute Gasteiger partial charge is 0.254 e. The third-order valence-corrected chi connectivity index (χ3v) is 4.35. The second kappa shape index (κ2) is 5.86. The molecule has 2 heterocycles. The third-order valence-electron chi connectivity index (χ3n) is 3.95. The molecule has 1 aliphatic heterocycles. The normalized spacial score (nSPS) is 18.0. The van der Waals surface area contributed by atoms with Crippen LogP contribution >= 0.6 is 11.6 Å². The van der Waals surface area contributed by atoms with Crippen LogP contribution in [0.15, 0.2) is 42.6 Å². The highest BCUT2D eigenvalue weighted by Crippen LogP contribution is 2.33. The van der Waals surface area contributed by atoms with Crippen molar-refractivity contribution in [3.8, 4) is 0 Å². The minimum Gasteiger partial charge on any atom is -0.332 e. The molecule has 1 fully saturated rings. The van der Waals surface area contributed by atoms with Crippen LogP contribution in [-0.4, -0.2) is 22.3 Å². The lowest BCUT2D eigenvalue weighted by molar-refractivity contribution is 0.0735. The number of nitrogens with zero attached hydrogens (tertiary/aromatic N) is 2. The van der Waals surface area contributed by atoms with E-state index in [0.717, 1.165) is 36.1 Å². The molecule has 21 heavy (non-hydrogen) atoms. The van der Waals surface area contributed by atoms with Gasteiger partial charge in [0.15, 0.2) is 0 Å². The summed E-state index contributed by atoms with van der Waals surface area (Å²) in [6, 6.07) is 11.6. The summed E-state index contributed by atoms with van der Waals surface area (Å²) >= 11 is 5.99. The average Bonchev–Trinajstić information content (AvgIpc) is 2.99. The Morgan fingerprint density at radius 2 is 2.10 bits per heavy atom. The first-order chi connectivity index (χ1) is 10.2. The number of amides is 1. The molecule has 4 heteroatoms. The van der Waals surface area contributed by atoms with Gasteiger partial charge in [-0.2, -0.15) is 0 Å². The first kappa shape index (κ1) is 14.1. The molecule has 0 N–H and O–H groups in total. The summed E-state index contributed by atoms with van der Waals surface area (Å²) in [6.07, 6.45) is 3.78. The Hall–Kier alpha value is -1.87. The molecule has 0 aliphatic carbocycles. The predicted octanol–water partition coefficient (Wildman–Crippen LogP) is 4.02. The highest BCUT2D eigenvalue weighted by molar-refractivity contribution is 6.30. The van der Waals surface area contributed by atoms with E-state index in [-0.39, 0.29) is 11.9 Å². The first-order valence-electron chi connectivity index (χ1n) is 7.15. The molecule has 108 valence electrons. The summed E-state index contributed by atoms with van der Waals surface area (Å²) in [7, 11) is 0. The lowest BCUT2D eigenvalue weighted by Gasteiger charge is -2.25. The van der Waals surface area contributed by atoms with Crippen molar-refractivity contribution in [1.82, 2.24) is 9.88 Å². The Morgan fingerprint density at radius 1 is 1.33 bits per heavy atom. The molecule has 1 atom stereocenters. The van der Waals surface area contributed by atoms with E-state index in [1.807, 2.05) is 48.2 Å². The zero-order valence-corrected chi connectivity index (χ0v) is 12.7. The Kier molecular flexibility index (Phi) is 3.93. The van der Waals surface area contributed by atoms with Crippen molar-refractivity contribution in [1.29, 1.82) is 0 Å². The highest BCUT2D eigenvalue weighted by Gasteiger charge is 2.30. The van der Waals surface area contributed by atoms with Gasteiger partial charge in [0.1, 0.15) is 5.15 Å². The molecule has 0 saturated carbocycles. The molecule has 2 aromatic rings. The van der Waals surface area contributed by atoms with Crippen LogP contribution in [0.2, 0.25) is 5.15 Å². The Bertz CT molecular complexity index is 657. The van der Waals surface area contributed by atoms with Crippen molar-refractivity contribution in [2.24, 2.45) is 0 Å². The first-order valence-corrected chi connectivity index (χ1v) is 7.52. The molecule has 0 radical (unpaired) electrons. The van der Waals surface area contributed by atoms with Gasteiger partial charge in [-0.25, -0.2) is 4.98 Å². The number of aryl methyl sites for hydroxylation is 1. The van der Waals surface area contributed by atoms with Crippen LogP contribution in [-0.2, 0) is 0 Å². The molecule has 0 bridgehead atoms. The zero-order valence-electron chi connectivity index (χ0n) is 11.9. The fraction of sp³-hybridized carbons (Fsp3) is 0.294. The lowest BCUT2D eigenvalue weighted by atomic mass is 10.0. The number of hydrogen-bond acceptors (Lipinski definition) is 2. The molecule has 0 spiro atoms. The van der Waals surface area contributed by atoms with Crippen molar-refractivity contribution in [2.45, 2.75) is 25.8 Å². The van der Waals surface area contributed by atoms with E-state index in [4.69, 9.17) is 11.6 Å². The summed E-state index contributed by atoms with van der Waals surface area (Å²) in [6.45, 7) is 2.73. The van der Waals surface area contributed by atoms with Crippen molar-refractivity contribution >= 4 is 17.5 Å². The second-order valence-corrected chi connectivity index (χ2v) is 5.76. The number of pyridine rings is 1. The van der Waals surface area contributed by atoms with E-state index in [1.54, 1.807) is 6.20 Å². The molecule has 3 nitrogen and oxygen atoms in total. The van der Waals surface area contributed by atoms with Crippen molar-refractivity contribution in [2.75, 3.05) is 6.54 Å². The van der Waals surface area contributed by atoms with Gasteiger partial charge in [-0.15, -0.1) is 0 Å². The minimum absolute atomic E-state index is 0.0886. The number of carbonyl (C=O) groups excluding carboxylic acids is 1. The van der Waals surface area contributed by atoms with Crippen LogP contribution in [0, 0.1) is 6.92 Å². The molecule has 1 aromatic heterocycles. The standard InChI is InChI=1S/C17H17ClN2O/c1-12-10-14(11-19-16(12)18)15-8-5-9-20(15)17(21)13-6-3-2-4-7-13/h2-4,6-7,10-11,15H,5,8-9H2,1H3/t15-/m0/s1. The van der Waals surface area contributed by atoms with Gasteiger partial charge in [-0.1, -0.05) is 29.8 Å². The summed E-state index contributed by atoms with van der Waals surface area (Å²) in [4.78, 5) is 18.8. The number of hydrogen-bond donors (Lipinski definition) is 0. The van der Waals surface area contributed by atoms with Crippen molar-refractivity contribution in [3.63, 3.8) is 0 Å². The summed E-state index contributed by atoms with van der Waals surface area (Å²) < 4.78 is 0. The molecule has 0 unspecified atom stereocenters. The minimum atomic E-state index is 0.0886. The van der Waals surface area contributed by atoms with Gasteiger partial charge < -0.3 is 4.90 Å². The average molecular weight is 301 g/mol. The van der Waals surface area contributed by atoms with Gasteiger partial charge in [0.05, 0.1) is 6.04 Å². The van der Waals surface area contributed by atoms with Gasteiger partial charge in [0, 0.05) is 18.3 Å². The van der Waals surface area contributed by atoms with Gasteiger partial charge in [-0.3, -0.25) is 4.79 Å². The third kappa shape index (κ3) is 2.79. The molecular formula is C17H17ClN2O. The maximum absolute atomic E-state index is 12.7. The Morgan fingerprint density at radius 3 is 2.81 bits per heavy atom. The summed E-state index contributed by atoms with van der Waals surface area (Å²) in [5.41, 5.74) is 2.76. The van der Waals surface area contributed by atoms with Gasteiger partial charge in [-0.05, 0) is 49.1 Å². The topological polar surface area (TPSA) is 33.2 Å². The number of halogens is 1. The van der Waals surface area contributed by atoms with Crippen molar-refractivity contribution in [3.05, 3.63) is 64.4 Å². The molecule has 1 aliphatic rings. The number of aromatic nitrogens is 1. The molecule has 1 amide bonds. The zero-order chi connectivity index (χ0) is 14.8. The number of carbonyl (C=O) groups is 1. The lowest BCUT2D eigenvalue weighted by Crippen LogP contribution is -2.30. The van der Waals surface area contributed by atoms with Crippen LogP contribution < -0.4 is 0 Å². The molecule has 1 aromatic carbocycles. The fourth-order valence-corrected chi connectivity index (χ4v) is 2.97. The molecular weight excluding hydrogens is 284 g/mol. The SMILES string of the molecule is Cc1cc([C@@H]2CCCN2C(=O)c2ccccc2)cnc1Cl. The van der Waals surface area contributed by atoms with Crippen LogP contribution in [0.25, 0.3) is 0 Å². The molecule has 1 saturated heterocycles.